The van der Waals surface area contributed by atoms with Gasteiger partial charge in [0, 0.05) is 6.54 Å². The summed E-state index contributed by atoms with van der Waals surface area (Å²) in [7, 11) is 0. The van der Waals surface area contributed by atoms with Crippen LogP contribution in [-0.4, -0.2) is 19.7 Å². The van der Waals surface area contributed by atoms with E-state index in [1.165, 1.54) is 0 Å². The highest BCUT2D eigenvalue weighted by atomic mass is 79.9. The fourth-order valence-corrected chi connectivity index (χ4v) is 3.06. The topological polar surface area (TPSA) is 21.3 Å². The summed E-state index contributed by atoms with van der Waals surface area (Å²) in [6, 6.07) is 4.13. The minimum absolute atomic E-state index is 0.658. The summed E-state index contributed by atoms with van der Waals surface area (Å²) < 4.78 is 7.50. The van der Waals surface area contributed by atoms with Crippen LogP contribution in [-0.2, 0) is 0 Å². The maximum absolute atomic E-state index is 5.56. The van der Waals surface area contributed by atoms with Crippen LogP contribution in [0, 0.1) is 5.92 Å². The van der Waals surface area contributed by atoms with E-state index in [-0.39, 0.29) is 0 Å². The molecular formula is C15H21Br2NO. The summed E-state index contributed by atoms with van der Waals surface area (Å²) in [5.41, 5.74) is 1.15. The number of benzene rings is 1. The van der Waals surface area contributed by atoms with Crippen LogP contribution in [0.1, 0.15) is 26.3 Å². The Labute approximate surface area is 132 Å². The van der Waals surface area contributed by atoms with E-state index >= 15 is 0 Å². The van der Waals surface area contributed by atoms with Gasteiger partial charge in [-0.25, -0.2) is 0 Å². The van der Waals surface area contributed by atoms with Gasteiger partial charge in [-0.3, -0.25) is 0 Å². The van der Waals surface area contributed by atoms with E-state index in [9.17, 15) is 0 Å². The Hall–Kier alpha value is -0.320. The fraction of sp³-hybridized carbons (Fsp3) is 0.467. The van der Waals surface area contributed by atoms with E-state index in [1.54, 1.807) is 0 Å². The van der Waals surface area contributed by atoms with Gasteiger partial charge in [0.1, 0.15) is 5.75 Å². The predicted octanol–water partition coefficient (Wildman–Crippen LogP) is 4.87. The van der Waals surface area contributed by atoms with Crippen LogP contribution in [0.25, 0.3) is 6.08 Å². The lowest BCUT2D eigenvalue weighted by Crippen LogP contribution is -2.19. The highest BCUT2D eigenvalue weighted by molar-refractivity contribution is 9.11. The lowest BCUT2D eigenvalue weighted by Gasteiger charge is -2.09. The molecule has 106 valence electrons. The normalized spacial score (nSPS) is 11.5. The number of rotatable bonds is 7. The third kappa shape index (κ3) is 6.11. The second-order valence-corrected chi connectivity index (χ2v) is 6.41. The van der Waals surface area contributed by atoms with Crippen LogP contribution < -0.4 is 10.1 Å². The van der Waals surface area contributed by atoms with E-state index in [0.29, 0.717) is 12.5 Å². The molecule has 0 aliphatic heterocycles. The maximum atomic E-state index is 5.56. The van der Waals surface area contributed by atoms with Crippen molar-refractivity contribution in [2.24, 2.45) is 5.92 Å². The molecule has 0 aromatic heterocycles. The van der Waals surface area contributed by atoms with Crippen molar-refractivity contribution in [1.29, 1.82) is 0 Å². The van der Waals surface area contributed by atoms with Crippen LogP contribution in [0.4, 0.5) is 0 Å². The van der Waals surface area contributed by atoms with Crippen LogP contribution in [0.2, 0.25) is 0 Å². The van der Waals surface area contributed by atoms with E-state index in [0.717, 1.165) is 33.3 Å². The first-order valence-corrected chi connectivity index (χ1v) is 8.12. The Bertz CT molecular complexity index is 407. The monoisotopic (exact) mass is 389 g/mol. The zero-order valence-electron chi connectivity index (χ0n) is 11.7. The van der Waals surface area contributed by atoms with Crippen LogP contribution in [0.5, 0.6) is 5.75 Å². The van der Waals surface area contributed by atoms with Crippen molar-refractivity contribution in [2.45, 2.75) is 20.8 Å². The summed E-state index contributed by atoms with van der Waals surface area (Å²) in [5, 5.41) is 3.38. The first-order chi connectivity index (χ1) is 9.04. The first-order valence-electron chi connectivity index (χ1n) is 6.53. The van der Waals surface area contributed by atoms with Gasteiger partial charge in [0.2, 0.25) is 0 Å². The molecule has 0 heterocycles. The summed E-state index contributed by atoms with van der Waals surface area (Å²) in [4.78, 5) is 0. The van der Waals surface area contributed by atoms with Crippen molar-refractivity contribution in [1.82, 2.24) is 5.32 Å². The summed E-state index contributed by atoms with van der Waals surface area (Å²) in [6.07, 6.45) is 4.25. The molecule has 0 fully saturated rings. The molecule has 0 saturated carbocycles. The summed E-state index contributed by atoms with van der Waals surface area (Å²) in [6.45, 7) is 8.98. The second-order valence-electron chi connectivity index (χ2n) is 4.70. The maximum Gasteiger partial charge on any atom is 0.147 e. The third-order valence-electron chi connectivity index (χ3n) is 2.43. The molecule has 0 unspecified atom stereocenters. The molecule has 0 spiro atoms. The van der Waals surface area contributed by atoms with Gasteiger partial charge in [-0.15, -0.1) is 0 Å². The molecule has 4 heteroatoms. The smallest absolute Gasteiger partial charge is 0.147 e. The van der Waals surface area contributed by atoms with Crippen molar-refractivity contribution in [3.63, 3.8) is 0 Å². The molecule has 1 N–H and O–H groups in total. The van der Waals surface area contributed by atoms with E-state index < -0.39 is 0 Å². The molecule has 0 aliphatic carbocycles. The van der Waals surface area contributed by atoms with Gasteiger partial charge in [0.25, 0.3) is 0 Å². The summed E-state index contributed by atoms with van der Waals surface area (Å²) in [5.74, 6) is 1.54. The standard InChI is InChI=1S/C15H21Br2NO/c1-4-19-15-13(16)8-12(9-14(15)17)6-5-7-18-10-11(2)3/h5-6,8-9,11,18H,4,7,10H2,1-3H3. The SMILES string of the molecule is CCOc1c(Br)cc(C=CCNCC(C)C)cc1Br. The number of halogens is 2. The molecule has 19 heavy (non-hydrogen) atoms. The van der Waals surface area contributed by atoms with Crippen LogP contribution in [0.3, 0.4) is 0 Å². The lowest BCUT2D eigenvalue weighted by molar-refractivity contribution is 0.336. The van der Waals surface area contributed by atoms with Gasteiger partial charge in [0.15, 0.2) is 0 Å². The highest BCUT2D eigenvalue weighted by Crippen LogP contribution is 2.35. The molecule has 1 rings (SSSR count). The average Bonchev–Trinajstić information content (AvgIpc) is 2.33. The zero-order chi connectivity index (χ0) is 14.3. The Kier molecular flexibility index (Phi) is 7.73. The Morgan fingerprint density at radius 3 is 2.42 bits per heavy atom. The molecular weight excluding hydrogens is 370 g/mol. The molecule has 0 atom stereocenters. The van der Waals surface area contributed by atoms with Gasteiger partial charge < -0.3 is 10.1 Å². The molecule has 2 nitrogen and oxygen atoms in total. The molecule has 0 radical (unpaired) electrons. The minimum Gasteiger partial charge on any atom is -0.492 e. The number of hydrogen-bond donors (Lipinski definition) is 1. The molecule has 1 aromatic carbocycles. The van der Waals surface area contributed by atoms with Gasteiger partial charge in [0.05, 0.1) is 15.6 Å². The van der Waals surface area contributed by atoms with Crippen LogP contribution >= 0.6 is 31.9 Å². The van der Waals surface area contributed by atoms with Gasteiger partial charge in [-0.05, 0) is 68.9 Å². The van der Waals surface area contributed by atoms with E-state index in [1.807, 2.05) is 6.92 Å². The quantitative estimate of drug-likeness (QED) is 0.670. The predicted molar refractivity (Wildman–Crippen MR) is 89.8 cm³/mol. The van der Waals surface area contributed by atoms with Crippen molar-refractivity contribution in [2.75, 3.05) is 19.7 Å². The highest BCUT2D eigenvalue weighted by Gasteiger charge is 2.07. The number of hydrogen-bond acceptors (Lipinski definition) is 2. The van der Waals surface area contributed by atoms with Gasteiger partial charge in [-0.2, -0.15) is 0 Å². The second kappa shape index (κ2) is 8.77. The van der Waals surface area contributed by atoms with Gasteiger partial charge >= 0.3 is 0 Å². The molecule has 0 saturated heterocycles. The average molecular weight is 391 g/mol. The Morgan fingerprint density at radius 2 is 1.89 bits per heavy atom. The fourth-order valence-electron chi connectivity index (χ4n) is 1.61. The largest absolute Gasteiger partial charge is 0.492 e. The first kappa shape index (κ1) is 16.7. The molecule has 0 amide bonds. The minimum atomic E-state index is 0.658. The van der Waals surface area contributed by atoms with Gasteiger partial charge in [-0.1, -0.05) is 26.0 Å². The zero-order valence-corrected chi connectivity index (χ0v) is 14.8. The Morgan fingerprint density at radius 1 is 1.26 bits per heavy atom. The van der Waals surface area contributed by atoms with E-state index in [4.69, 9.17) is 4.74 Å². The lowest BCUT2D eigenvalue weighted by atomic mass is 10.2. The third-order valence-corrected chi connectivity index (χ3v) is 3.61. The molecule has 0 bridgehead atoms. The van der Waals surface area contributed by atoms with Crippen molar-refractivity contribution in [3.05, 3.63) is 32.7 Å². The number of nitrogens with one attached hydrogen (secondary N) is 1. The van der Waals surface area contributed by atoms with E-state index in [2.05, 4.69) is 75.3 Å². The summed E-state index contributed by atoms with van der Waals surface area (Å²) >= 11 is 7.07. The van der Waals surface area contributed by atoms with Crippen LogP contribution in [0.15, 0.2) is 27.2 Å². The van der Waals surface area contributed by atoms with Crippen molar-refractivity contribution >= 4 is 37.9 Å². The molecule has 1 aromatic rings. The molecule has 0 aliphatic rings. The Balaban J connectivity index is 2.62. The van der Waals surface area contributed by atoms with Crippen molar-refractivity contribution < 1.29 is 4.74 Å². The van der Waals surface area contributed by atoms with Crippen molar-refractivity contribution in [3.8, 4) is 5.75 Å². The number of ether oxygens (including phenoxy) is 1.